The van der Waals surface area contributed by atoms with Crippen LogP contribution in [-0.2, 0) is 16.6 Å². The Bertz CT molecular complexity index is 394. The highest BCUT2D eigenvalue weighted by molar-refractivity contribution is 6.05. The van der Waals surface area contributed by atoms with Gasteiger partial charge in [0.25, 0.3) is 0 Å². The Balaban J connectivity index is 0.000000606. The van der Waals surface area contributed by atoms with Crippen molar-refractivity contribution in [2.45, 2.75) is 46.5 Å². The Labute approximate surface area is 98.1 Å². The monoisotopic (exact) mass is 219 g/mol. The van der Waals surface area contributed by atoms with Crippen LogP contribution in [0.5, 0.6) is 0 Å². The molecule has 0 fully saturated rings. The molecule has 2 rings (SSSR count). The smallest absolute Gasteiger partial charge is 0.234 e. The van der Waals surface area contributed by atoms with Gasteiger partial charge in [-0.15, -0.1) is 0 Å². The van der Waals surface area contributed by atoms with Gasteiger partial charge in [0.2, 0.25) is 5.91 Å². The fourth-order valence-corrected chi connectivity index (χ4v) is 1.86. The molecule has 0 saturated heterocycles. The SMILES string of the molecule is CC.CCc1ccc2c(c1)NC(=O)C2(C)C. The molecule has 1 amide bonds. The van der Waals surface area contributed by atoms with Gasteiger partial charge in [0.1, 0.15) is 0 Å². The van der Waals surface area contributed by atoms with Crippen molar-refractivity contribution in [2.24, 2.45) is 0 Å². The summed E-state index contributed by atoms with van der Waals surface area (Å²) in [7, 11) is 0. The van der Waals surface area contributed by atoms with E-state index in [0.29, 0.717) is 0 Å². The van der Waals surface area contributed by atoms with E-state index in [2.05, 4.69) is 30.4 Å². The van der Waals surface area contributed by atoms with Crippen LogP contribution in [0.2, 0.25) is 0 Å². The minimum Gasteiger partial charge on any atom is -0.325 e. The van der Waals surface area contributed by atoms with E-state index in [4.69, 9.17) is 0 Å². The molecule has 1 N–H and O–H groups in total. The first kappa shape index (κ1) is 12.8. The third-order valence-electron chi connectivity index (χ3n) is 2.98. The number of carbonyl (C=O) groups is 1. The minimum atomic E-state index is -0.373. The highest BCUT2D eigenvalue weighted by atomic mass is 16.2. The lowest BCUT2D eigenvalue weighted by Crippen LogP contribution is -2.26. The highest BCUT2D eigenvalue weighted by Gasteiger charge is 2.37. The van der Waals surface area contributed by atoms with Crippen molar-refractivity contribution in [3.8, 4) is 0 Å². The molecule has 1 aromatic rings. The number of anilines is 1. The Morgan fingerprint density at radius 3 is 2.44 bits per heavy atom. The summed E-state index contributed by atoms with van der Waals surface area (Å²) in [5, 5.41) is 2.92. The molecule has 0 aliphatic carbocycles. The van der Waals surface area contributed by atoms with E-state index in [1.165, 1.54) is 5.56 Å². The van der Waals surface area contributed by atoms with Crippen molar-refractivity contribution in [1.82, 2.24) is 0 Å². The van der Waals surface area contributed by atoms with Crippen molar-refractivity contribution in [1.29, 1.82) is 0 Å². The van der Waals surface area contributed by atoms with Crippen LogP contribution in [-0.4, -0.2) is 5.91 Å². The van der Waals surface area contributed by atoms with Crippen molar-refractivity contribution < 1.29 is 4.79 Å². The molecule has 0 bridgehead atoms. The molecule has 88 valence electrons. The first-order valence-electron chi connectivity index (χ1n) is 6.00. The number of aryl methyl sites for hydroxylation is 1. The predicted molar refractivity (Wildman–Crippen MR) is 68.8 cm³/mol. The van der Waals surface area contributed by atoms with E-state index >= 15 is 0 Å². The molecule has 0 unspecified atom stereocenters. The summed E-state index contributed by atoms with van der Waals surface area (Å²) >= 11 is 0. The van der Waals surface area contributed by atoms with Crippen LogP contribution in [0, 0.1) is 0 Å². The maximum absolute atomic E-state index is 11.6. The third-order valence-corrected chi connectivity index (χ3v) is 2.98. The molecule has 2 heteroatoms. The molecule has 0 spiro atoms. The zero-order valence-corrected chi connectivity index (χ0v) is 10.8. The van der Waals surface area contributed by atoms with Gasteiger partial charge in [-0.2, -0.15) is 0 Å². The third kappa shape index (κ3) is 1.97. The lowest BCUT2D eigenvalue weighted by molar-refractivity contribution is -0.119. The minimum absolute atomic E-state index is 0.0979. The fourth-order valence-electron chi connectivity index (χ4n) is 1.86. The van der Waals surface area contributed by atoms with E-state index in [1.54, 1.807) is 0 Å². The largest absolute Gasteiger partial charge is 0.325 e. The molecular formula is C14H21NO. The second-order valence-electron chi connectivity index (χ2n) is 4.31. The van der Waals surface area contributed by atoms with Gasteiger partial charge >= 0.3 is 0 Å². The van der Waals surface area contributed by atoms with E-state index in [1.807, 2.05) is 27.7 Å². The van der Waals surface area contributed by atoms with E-state index < -0.39 is 0 Å². The Kier molecular flexibility index (Phi) is 3.74. The Morgan fingerprint density at radius 1 is 1.25 bits per heavy atom. The number of hydrogen-bond acceptors (Lipinski definition) is 1. The van der Waals surface area contributed by atoms with Crippen LogP contribution in [0.4, 0.5) is 5.69 Å². The first-order chi connectivity index (χ1) is 7.55. The number of benzene rings is 1. The van der Waals surface area contributed by atoms with Crippen LogP contribution >= 0.6 is 0 Å². The van der Waals surface area contributed by atoms with E-state index in [-0.39, 0.29) is 11.3 Å². The number of rotatable bonds is 1. The van der Waals surface area contributed by atoms with Gasteiger partial charge in [-0.05, 0) is 37.5 Å². The number of nitrogens with one attached hydrogen (secondary N) is 1. The second-order valence-corrected chi connectivity index (χ2v) is 4.31. The lowest BCUT2D eigenvalue weighted by atomic mass is 9.86. The number of hydrogen-bond donors (Lipinski definition) is 1. The van der Waals surface area contributed by atoms with Gasteiger partial charge in [-0.1, -0.05) is 32.9 Å². The molecular weight excluding hydrogens is 198 g/mol. The molecule has 0 radical (unpaired) electrons. The number of carbonyl (C=O) groups excluding carboxylic acids is 1. The van der Waals surface area contributed by atoms with Gasteiger partial charge in [-0.3, -0.25) is 4.79 Å². The van der Waals surface area contributed by atoms with Gasteiger partial charge < -0.3 is 5.32 Å². The van der Waals surface area contributed by atoms with E-state index in [9.17, 15) is 4.79 Å². The van der Waals surface area contributed by atoms with Crippen molar-refractivity contribution >= 4 is 11.6 Å². The molecule has 0 atom stereocenters. The van der Waals surface area contributed by atoms with Crippen LogP contribution in [0.25, 0.3) is 0 Å². The average Bonchev–Trinajstić information content (AvgIpc) is 2.52. The van der Waals surface area contributed by atoms with Crippen molar-refractivity contribution in [3.63, 3.8) is 0 Å². The number of amides is 1. The maximum atomic E-state index is 11.6. The van der Waals surface area contributed by atoms with Crippen LogP contribution in [0.15, 0.2) is 18.2 Å². The summed E-state index contributed by atoms with van der Waals surface area (Å²) in [4.78, 5) is 11.6. The normalized spacial score (nSPS) is 15.9. The van der Waals surface area contributed by atoms with Crippen LogP contribution in [0.1, 0.15) is 45.7 Å². The standard InChI is InChI=1S/C12H15NO.C2H6/c1-4-8-5-6-9-10(7-8)13-11(14)12(9,2)3;1-2/h5-7H,4H2,1-3H3,(H,13,14);1-2H3. The predicted octanol–water partition coefficient (Wildman–Crippen LogP) is 3.50. The molecule has 0 aromatic heterocycles. The molecule has 1 heterocycles. The van der Waals surface area contributed by atoms with Gasteiger partial charge in [0, 0.05) is 5.69 Å². The second kappa shape index (κ2) is 4.69. The van der Waals surface area contributed by atoms with E-state index in [0.717, 1.165) is 17.7 Å². The van der Waals surface area contributed by atoms with Crippen LogP contribution in [0.3, 0.4) is 0 Å². The molecule has 16 heavy (non-hydrogen) atoms. The summed E-state index contributed by atoms with van der Waals surface area (Å²) in [5.41, 5.74) is 2.99. The molecule has 1 aliphatic rings. The quantitative estimate of drug-likeness (QED) is 0.769. The van der Waals surface area contributed by atoms with Crippen molar-refractivity contribution in [3.05, 3.63) is 29.3 Å². The topological polar surface area (TPSA) is 29.1 Å². The summed E-state index contributed by atoms with van der Waals surface area (Å²) in [5.74, 6) is 0.0979. The zero-order chi connectivity index (χ0) is 12.3. The number of fused-ring (bicyclic) bond motifs is 1. The maximum Gasteiger partial charge on any atom is 0.234 e. The van der Waals surface area contributed by atoms with Crippen molar-refractivity contribution in [2.75, 3.05) is 5.32 Å². The van der Waals surface area contributed by atoms with Gasteiger partial charge in [0.05, 0.1) is 5.41 Å². The zero-order valence-electron chi connectivity index (χ0n) is 10.8. The summed E-state index contributed by atoms with van der Waals surface area (Å²) in [6.07, 6.45) is 1.00. The summed E-state index contributed by atoms with van der Waals surface area (Å²) in [6.45, 7) is 10.0. The average molecular weight is 219 g/mol. The first-order valence-corrected chi connectivity index (χ1v) is 6.00. The van der Waals surface area contributed by atoms with Gasteiger partial charge in [0.15, 0.2) is 0 Å². The van der Waals surface area contributed by atoms with Crippen LogP contribution < -0.4 is 5.32 Å². The molecule has 2 nitrogen and oxygen atoms in total. The fraction of sp³-hybridized carbons (Fsp3) is 0.500. The Hall–Kier alpha value is -1.31. The lowest BCUT2D eigenvalue weighted by Gasteiger charge is -2.14. The Morgan fingerprint density at radius 2 is 1.88 bits per heavy atom. The molecule has 1 aromatic carbocycles. The summed E-state index contributed by atoms with van der Waals surface area (Å²) in [6, 6.07) is 6.23. The van der Waals surface area contributed by atoms with Gasteiger partial charge in [-0.25, -0.2) is 0 Å². The molecule has 1 aliphatic heterocycles. The highest BCUT2D eigenvalue weighted by Crippen LogP contribution is 2.37. The molecule has 0 saturated carbocycles. The summed E-state index contributed by atoms with van der Waals surface area (Å²) < 4.78 is 0.